The summed E-state index contributed by atoms with van der Waals surface area (Å²) in [5.74, 6) is -0.295. The van der Waals surface area contributed by atoms with Crippen molar-refractivity contribution in [2.75, 3.05) is 12.3 Å². The summed E-state index contributed by atoms with van der Waals surface area (Å²) in [6.45, 7) is 0.0415. The SMILES string of the molecule is [NH-]CCCS(=O)(=O)O.[Na+]. The van der Waals surface area contributed by atoms with Gasteiger partial charge in [-0.05, 0) is 0 Å². The molecule has 0 saturated heterocycles. The van der Waals surface area contributed by atoms with Crippen molar-refractivity contribution < 1.29 is 42.5 Å². The van der Waals surface area contributed by atoms with E-state index in [0.29, 0.717) is 0 Å². The van der Waals surface area contributed by atoms with Crippen molar-refractivity contribution in [2.24, 2.45) is 0 Å². The number of hydrogen-bond acceptors (Lipinski definition) is 2. The molecule has 0 atom stereocenters. The second-order valence-electron chi connectivity index (χ2n) is 1.39. The number of rotatable bonds is 3. The van der Waals surface area contributed by atoms with Crippen LogP contribution in [0.2, 0.25) is 0 Å². The molecule has 0 bridgehead atoms. The smallest absolute Gasteiger partial charge is 0.677 e. The van der Waals surface area contributed by atoms with Crippen LogP contribution < -0.4 is 29.6 Å². The van der Waals surface area contributed by atoms with E-state index in [9.17, 15) is 8.42 Å². The maximum atomic E-state index is 9.86. The molecular formula is C3H8NNaO3S. The van der Waals surface area contributed by atoms with Gasteiger partial charge in [-0.25, -0.2) is 0 Å². The van der Waals surface area contributed by atoms with Crippen LogP contribution in [0, 0.1) is 0 Å². The molecule has 0 aliphatic heterocycles. The van der Waals surface area contributed by atoms with Gasteiger partial charge in [-0.15, -0.1) is 0 Å². The molecule has 2 N–H and O–H groups in total. The van der Waals surface area contributed by atoms with Gasteiger partial charge >= 0.3 is 29.6 Å². The molecule has 0 rings (SSSR count). The Bertz CT molecular complexity index is 143. The minimum atomic E-state index is -3.81. The van der Waals surface area contributed by atoms with E-state index in [1.807, 2.05) is 0 Å². The summed E-state index contributed by atoms with van der Waals surface area (Å²) in [7, 11) is -3.81. The molecule has 4 nitrogen and oxygen atoms in total. The van der Waals surface area contributed by atoms with Crippen molar-refractivity contribution in [2.45, 2.75) is 6.42 Å². The quantitative estimate of drug-likeness (QED) is 0.362. The third-order valence-electron chi connectivity index (χ3n) is 0.579. The number of nitrogens with one attached hydrogen (secondary N) is 1. The molecule has 9 heavy (non-hydrogen) atoms. The van der Waals surface area contributed by atoms with Crippen molar-refractivity contribution in [1.82, 2.24) is 0 Å². The maximum Gasteiger partial charge on any atom is 1.00 e. The fraction of sp³-hybridized carbons (Fsp3) is 1.00. The Balaban J connectivity index is 0. The summed E-state index contributed by atoms with van der Waals surface area (Å²) in [4.78, 5) is 0. The first-order valence-corrected chi connectivity index (χ1v) is 3.77. The van der Waals surface area contributed by atoms with Gasteiger partial charge in [0.15, 0.2) is 0 Å². The van der Waals surface area contributed by atoms with Crippen LogP contribution in [-0.2, 0) is 10.1 Å². The van der Waals surface area contributed by atoms with Crippen molar-refractivity contribution in [1.29, 1.82) is 0 Å². The molecule has 0 saturated carbocycles. The number of hydrogen-bond donors (Lipinski definition) is 1. The fourth-order valence-corrected chi connectivity index (χ4v) is 0.764. The molecule has 0 aromatic carbocycles. The molecule has 0 radical (unpaired) electrons. The maximum absolute atomic E-state index is 9.86. The Morgan fingerprint density at radius 3 is 2.00 bits per heavy atom. The van der Waals surface area contributed by atoms with Crippen LogP contribution in [0.5, 0.6) is 0 Å². The van der Waals surface area contributed by atoms with E-state index in [1.54, 1.807) is 0 Å². The van der Waals surface area contributed by atoms with Crippen LogP contribution in [0.25, 0.3) is 5.73 Å². The van der Waals surface area contributed by atoms with Crippen molar-refractivity contribution in [3.8, 4) is 0 Å². The van der Waals surface area contributed by atoms with Crippen LogP contribution >= 0.6 is 0 Å². The monoisotopic (exact) mass is 161 g/mol. The zero-order valence-electron chi connectivity index (χ0n) is 5.29. The summed E-state index contributed by atoms with van der Waals surface area (Å²) < 4.78 is 27.8. The van der Waals surface area contributed by atoms with Crippen LogP contribution in [-0.4, -0.2) is 25.3 Å². The van der Waals surface area contributed by atoms with Crippen molar-refractivity contribution in [3.63, 3.8) is 0 Å². The normalized spacial score (nSPS) is 10.4. The van der Waals surface area contributed by atoms with Gasteiger partial charge in [-0.2, -0.15) is 15.0 Å². The summed E-state index contributed by atoms with van der Waals surface area (Å²) >= 11 is 0. The van der Waals surface area contributed by atoms with Crippen molar-refractivity contribution in [3.05, 3.63) is 5.73 Å². The topological polar surface area (TPSA) is 78.2 Å². The molecular weight excluding hydrogens is 153 g/mol. The van der Waals surface area contributed by atoms with Crippen LogP contribution in [0.3, 0.4) is 0 Å². The molecule has 0 heterocycles. The molecule has 0 aliphatic carbocycles. The van der Waals surface area contributed by atoms with Gasteiger partial charge in [0.1, 0.15) is 0 Å². The molecule has 0 fully saturated rings. The zero-order chi connectivity index (χ0) is 6.62. The molecule has 0 unspecified atom stereocenters. The summed E-state index contributed by atoms with van der Waals surface area (Å²) in [6, 6.07) is 0. The molecule has 0 aromatic rings. The second-order valence-corrected chi connectivity index (χ2v) is 2.96. The molecule has 50 valence electrons. The first-order valence-electron chi connectivity index (χ1n) is 2.16. The van der Waals surface area contributed by atoms with Gasteiger partial charge in [-0.3, -0.25) is 4.55 Å². The largest absolute Gasteiger partial charge is 1.00 e. The van der Waals surface area contributed by atoms with Gasteiger partial charge in [-0.1, -0.05) is 6.42 Å². The van der Waals surface area contributed by atoms with Gasteiger partial charge < -0.3 is 5.73 Å². The van der Waals surface area contributed by atoms with E-state index < -0.39 is 10.1 Å². The Labute approximate surface area is 76.9 Å². The minimum absolute atomic E-state index is 0. The fourth-order valence-electron chi connectivity index (χ4n) is 0.255. The van der Waals surface area contributed by atoms with Crippen LogP contribution in [0.1, 0.15) is 6.42 Å². The first-order chi connectivity index (χ1) is 3.56. The predicted octanol–water partition coefficient (Wildman–Crippen LogP) is -2.68. The summed E-state index contributed by atoms with van der Waals surface area (Å²) in [6.07, 6.45) is 0.207. The first kappa shape index (κ1) is 12.5. The Hall–Kier alpha value is 0.870. The van der Waals surface area contributed by atoms with Gasteiger partial charge in [0.05, 0.1) is 5.75 Å². The molecule has 0 aliphatic rings. The summed E-state index contributed by atoms with van der Waals surface area (Å²) in [5.41, 5.74) is 6.51. The van der Waals surface area contributed by atoms with Crippen LogP contribution in [0.15, 0.2) is 0 Å². The summed E-state index contributed by atoms with van der Waals surface area (Å²) in [5, 5.41) is 0. The van der Waals surface area contributed by atoms with E-state index in [-0.39, 0.29) is 48.3 Å². The molecule has 0 aromatic heterocycles. The molecule has 6 heteroatoms. The second kappa shape index (κ2) is 5.64. The molecule has 0 amide bonds. The Kier molecular flexibility index (Phi) is 7.86. The third-order valence-corrected chi connectivity index (χ3v) is 1.38. The van der Waals surface area contributed by atoms with Gasteiger partial charge in [0, 0.05) is 0 Å². The van der Waals surface area contributed by atoms with Gasteiger partial charge in [0.2, 0.25) is 0 Å². The predicted molar refractivity (Wildman–Crippen MR) is 30.2 cm³/mol. The minimum Gasteiger partial charge on any atom is -0.677 e. The zero-order valence-corrected chi connectivity index (χ0v) is 8.11. The standard InChI is InChI=1S/C3H8NO3S.Na/c4-2-1-3-8(5,6)7;/h4H,1-3H2,(H,5,6,7);/q-1;+1. The Morgan fingerprint density at radius 2 is 1.89 bits per heavy atom. The van der Waals surface area contributed by atoms with E-state index in [1.165, 1.54) is 0 Å². The third kappa shape index (κ3) is 12.1. The van der Waals surface area contributed by atoms with Crippen molar-refractivity contribution >= 4 is 10.1 Å². The average molecular weight is 161 g/mol. The van der Waals surface area contributed by atoms with E-state index >= 15 is 0 Å². The van der Waals surface area contributed by atoms with E-state index in [2.05, 4.69) is 0 Å². The molecule has 0 spiro atoms. The van der Waals surface area contributed by atoms with E-state index in [4.69, 9.17) is 10.3 Å². The Morgan fingerprint density at radius 1 is 1.44 bits per heavy atom. The van der Waals surface area contributed by atoms with Crippen LogP contribution in [0.4, 0.5) is 0 Å². The van der Waals surface area contributed by atoms with Gasteiger partial charge in [0.25, 0.3) is 10.1 Å². The van der Waals surface area contributed by atoms with E-state index in [0.717, 1.165) is 0 Å². The average Bonchev–Trinajstić information content (AvgIpc) is 1.59.